The van der Waals surface area contributed by atoms with Crippen LogP contribution in [0.5, 0.6) is 0 Å². The highest BCUT2D eigenvalue weighted by atomic mass is 19.1. The second-order valence-corrected chi connectivity index (χ2v) is 2.71. The average Bonchev–Trinajstić information content (AvgIpc) is 2.21. The molecule has 0 spiro atoms. The van der Waals surface area contributed by atoms with Gasteiger partial charge in [-0.3, -0.25) is 4.99 Å². The van der Waals surface area contributed by atoms with Gasteiger partial charge in [-0.25, -0.2) is 4.39 Å². The third-order valence-electron chi connectivity index (χ3n) is 1.58. The fourth-order valence-electron chi connectivity index (χ4n) is 0.882. The molecule has 0 heterocycles. The summed E-state index contributed by atoms with van der Waals surface area (Å²) in [7, 11) is 1.50. The van der Waals surface area contributed by atoms with Gasteiger partial charge in [0, 0.05) is 12.7 Å². The van der Waals surface area contributed by atoms with Crippen molar-refractivity contribution in [2.24, 2.45) is 21.5 Å². The monoisotopic (exact) mass is 209 g/mol. The maximum atomic E-state index is 12.6. The predicted molar refractivity (Wildman–Crippen MR) is 59.2 cm³/mol. The number of rotatable bonds is 1. The SMILES string of the molecule is CN=C(N)/N=C(\N)Nc1ccc(F)cc1. The lowest BCUT2D eigenvalue weighted by Gasteiger charge is -2.04. The highest BCUT2D eigenvalue weighted by molar-refractivity contribution is 6.00. The lowest BCUT2D eigenvalue weighted by molar-refractivity contribution is 0.628. The van der Waals surface area contributed by atoms with E-state index in [-0.39, 0.29) is 17.7 Å². The number of aliphatic imine (C=N–C) groups is 2. The zero-order valence-corrected chi connectivity index (χ0v) is 8.24. The van der Waals surface area contributed by atoms with Crippen LogP contribution in [0, 0.1) is 5.82 Å². The summed E-state index contributed by atoms with van der Waals surface area (Å²) in [5.41, 5.74) is 11.5. The van der Waals surface area contributed by atoms with E-state index < -0.39 is 0 Å². The van der Waals surface area contributed by atoms with E-state index >= 15 is 0 Å². The highest BCUT2D eigenvalue weighted by Crippen LogP contribution is 2.07. The summed E-state index contributed by atoms with van der Waals surface area (Å²) in [6.45, 7) is 0. The summed E-state index contributed by atoms with van der Waals surface area (Å²) in [4.78, 5) is 7.34. The van der Waals surface area contributed by atoms with Crippen LogP contribution in [-0.4, -0.2) is 19.0 Å². The first kappa shape index (κ1) is 11.0. The molecule has 1 aromatic rings. The summed E-state index contributed by atoms with van der Waals surface area (Å²) >= 11 is 0. The minimum Gasteiger partial charge on any atom is -0.369 e. The number of halogens is 1. The zero-order chi connectivity index (χ0) is 11.3. The van der Waals surface area contributed by atoms with Crippen LogP contribution in [0.15, 0.2) is 34.3 Å². The number of benzene rings is 1. The molecule has 0 radical (unpaired) electrons. The van der Waals surface area contributed by atoms with Crippen LogP contribution in [0.1, 0.15) is 0 Å². The third-order valence-corrected chi connectivity index (χ3v) is 1.58. The molecule has 80 valence electrons. The van der Waals surface area contributed by atoms with Crippen molar-refractivity contribution in [1.82, 2.24) is 0 Å². The molecule has 0 atom stereocenters. The van der Waals surface area contributed by atoms with E-state index in [1.165, 1.54) is 31.3 Å². The van der Waals surface area contributed by atoms with E-state index in [1.54, 1.807) is 0 Å². The summed E-state index contributed by atoms with van der Waals surface area (Å²) in [6.07, 6.45) is 0. The van der Waals surface area contributed by atoms with Gasteiger partial charge in [0.05, 0.1) is 0 Å². The molecule has 15 heavy (non-hydrogen) atoms. The first-order chi connectivity index (χ1) is 7.11. The normalized spacial score (nSPS) is 12.7. The van der Waals surface area contributed by atoms with Crippen molar-refractivity contribution in [1.29, 1.82) is 0 Å². The molecule has 0 aliphatic heterocycles. The van der Waals surface area contributed by atoms with Gasteiger partial charge in [-0.2, -0.15) is 4.99 Å². The van der Waals surface area contributed by atoms with Crippen molar-refractivity contribution in [3.63, 3.8) is 0 Å². The molecule has 0 aliphatic carbocycles. The number of anilines is 1. The maximum absolute atomic E-state index is 12.6. The van der Waals surface area contributed by atoms with Crippen LogP contribution in [-0.2, 0) is 0 Å². The lowest BCUT2D eigenvalue weighted by atomic mass is 10.3. The average molecular weight is 209 g/mol. The van der Waals surface area contributed by atoms with Gasteiger partial charge in [0.2, 0.25) is 11.9 Å². The van der Waals surface area contributed by atoms with Crippen molar-refractivity contribution in [3.05, 3.63) is 30.1 Å². The molecular weight excluding hydrogens is 197 g/mol. The van der Waals surface area contributed by atoms with E-state index in [2.05, 4.69) is 15.3 Å². The predicted octanol–water partition coefficient (Wildman–Crippen LogP) is 0.497. The molecule has 5 N–H and O–H groups in total. The molecular formula is C9H12FN5. The Labute approximate surface area is 86.7 Å². The van der Waals surface area contributed by atoms with Crippen LogP contribution < -0.4 is 16.8 Å². The number of nitrogens with zero attached hydrogens (tertiary/aromatic N) is 2. The van der Waals surface area contributed by atoms with E-state index in [4.69, 9.17) is 11.5 Å². The molecule has 0 saturated heterocycles. The van der Waals surface area contributed by atoms with Gasteiger partial charge < -0.3 is 16.8 Å². The number of nitrogens with one attached hydrogen (secondary N) is 1. The van der Waals surface area contributed by atoms with Gasteiger partial charge in [-0.1, -0.05) is 0 Å². The van der Waals surface area contributed by atoms with Gasteiger partial charge >= 0.3 is 0 Å². The molecule has 0 fully saturated rings. The Morgan fingerprint density at radius 3 is 2.40 bits per heavy atom. The van der Waals surface area contributed by atoms with Crippen molar-refractivity contribution in [2.75, 3.05) is 12.4 Å². The smallest absolute Gasteiger partial charge is 0.218 e. The lowest BCUT2D eigenvalue weighted by Crippen LogP contribution is -2.26. The number of nitrogens with two attached hydrogens (primary N) is 2. The number of hydrogen-bond donors (Lipinski definition) is 3. The van der Waals surface area contributed by atoms with Gasteiger partial charge in [0.1, 0.15) is 5.82 Å². The fourth-order valence-corrected chi connectivity index (χ4v) is 0.882. The number of hydrogen-bond acceptors (Lipinski definition) is 1. The topological polar surface area (TPSA) is 88.8 Å². The first-order valence-electron chi connectivity index (χ1n) is 4.21. The maximum Gasteiger partial charge on any atom is 0.218 e. The minimum atomic E-state index is -0.314. The summed E-state index contributed by atoms with van der Waals surface area (Å²) in [6, 6.07) is 5.70. The second kappa shape index (κ2) is 4.94. The molecule has 5 nitrogen and oxygen atoms in total. The standard InChI is InChI=1S/C9H12FN5/c1-13-8(11)15-9(12)14-7-4-2-6(10)3-5-7/h2-5H,1H3,(H5,11,12,13,14,15). The van der Waals surface area contributed by atoms with Crippen molar-refractivity contribution in [2.45, 2.75) is 0 Å². The summed E-state index contributed by atoms with van der Waals surface area (Å²) < 4.78 is 12.6. The Morgan fingerprint density at radius 1 is 1.27 bits per heavy atom. The molecule has 0 aromatic heterocycles. The molecule has 1 aromatic carbocycles. The second-order valence-electron chi connectivity index (χ2n) is 2.71. The third kappa shape index (κ3) is 3.63. The van der Waals surface area contributed by atoms with Crippen LogP contribution in [0.4, 0.5) is 10.1 Å². The number of guanidine groups is 2. The van der Waals surface area contributed by atoms with Gasteiger partial charge in [0.25, 0.3) is 0 Å². The van der Waals surface area contributed by atoms with Crippen LogP contribution >= 0.6 is 0 Å². The summed E-state index contributed by atoms with van der Waals surface area (Å²) in [5.74, 6) is -0.141. The van der Waals surface area contributed by atoms with Crippen molar-refractivity contribution >= 4 is 17.6 Å². The Bertz CT molecular complexity index is 382. The minimum absolute atomic E-state index is 0.0714. The van der Waals surface area contributed by atoms with E-state index in [0.29, 0.717) is 5.69 Å². The van der Waals surface area contributed by atoms with E-state index in [0.717, 1.165) is 0 Å². The molecule has 0 amide bonds. The highest BCUT2D eigenvalue weighted by Gasteiger charge is 1.96. The van der Waals surface area contributed by atoms with Gasteiger partial charge in [-0.15, -0.1) is 0 Å². The molecule has 0 unspecified atom stereocenters. The first-order valence-corrected chi connectivity index (χ1v) is 4.21. The van der Waals surface area contributed by atoms with E-state index in [9.17, 15) is 4.39 Å². The van der Waals surface area contributed by atoms with Crippen LogP contribution in [0.3, 0.4) is 0 Å². The Kier molecular flexibility index (Phi) is 3.61. The van der Waals surface area contributed by atoms with E-state index in [1.807, 2.05) is 0 Å². The largest absolute Gasteiger partial charge is 0.369 e. The van der Waals surface area contributed by atoms with Gasteiger partial charge in [0.15, 0.2) is 0 Å². The fraction of sp³-hybridized carbons (Fsp3) is 0.111. The Morgan fingerprint density at radius 2 is 1.87 bits per heavy atom. The molecule has 0 aliphatic rings. The van der Waals surface area contributed by atoms with Crippen LogP contribution in [0.25, 0.3) is 0 Å². The van der Waals surface area contributed by atoms with Gasteiger partial charge in [-0.05, 0) is 24.3 Å². The Hall–Kier alpha value is -2.11. The van der Waals surface area contributed by atoms with Crippen molar-refractivity contribution in [3.8, 4) is 0 Å². The quantitative estimate of drug-likeness (QED) is 0.464. The zero-order valence-electron chi connectivity index (χ0n) is 8.24. The van der Waals surface area contributed by atoms with Crippen molar-refractivity contribution < 1.29 is 4.39 Å². The van der Waals surface area contributed by atoms with Crippen LogP contribution in [0.2, 0.25) is 0 Å². The molecule has 0 bridgehead atoms. The molecule has 6 heteroatoms. The Balaban J connectivity index is 2.70. The molecule has 0 saturated carbocycles. The molecule has 1 rings (SSSR count). The summed E-state index contributed by atoms with van der Waals surface area (Å²) in [5, 5.41) is 2.73.